The first-order valence-corrected chi connectivity index (χ1v) is 9.46. The number of hydrogen-bond acceptors (Lipinski definition) is 3. The van der Waals surface area contributed by atoms with Crippen molar-refractivity contribution in [2.75, 3.05) is 6.54 Å². The molecular weight excluding hydrogens is 432 g/mol. The van der Waals surface area contributed by atoms with Crippen molar-refractivity contribution in [2.45, 2.75) is 18.3 Å². The highest BCUT2D eigenvalue weighted by atomic mass is 19.4. The van der Waals surface area contributed by atoms with Gasteiger partial charge in [-0.05, 0) is 42.3 Å². The molecule has 4 amide bonds. The Kier molecular flexibility index (Phi) is 5.11. The highest BCUT2D eigenvalue weighted by molar-refractivity contribution is 6.10. The number of hydrogen-bond donors (Lipinski definition) is 3. The van der Waals surface area contributed by atoms with Gasteiger partial charge in [0.25, 0.3) is 17.5 Å². The third-order valence-electron chi connectivity index (χ3n) is 5.20. The number of fused-ring (bicyclic) bond motifs is 1. The molecule has 166 valence electrons. The Balaban J connectivity index is 1.58. The van der Waals surface area contributed by atoms with Gasteiger partial charge in [-0.25, -0.2) is 9.18 Å². The summed E-state index contributed by atoms with van der Waals surface area (Å²) in [4.78, 5) is 40.7. The van der Waals surface area contributed by atoms with E-state index in [9.17, 15) is 31.9 Å². The number of carbonyl (C=O) groups is 3. The smallest absolute Gasteiger partial charge is 0.361 e. The maximum atomic E-state index is 13.9. The summed E-state index contributed by atoms with van der Waals surface area (Å²) >= 11 is 0. The van der Waals surface area contributed by atoms with Crippen molar-refractivity contribution in [1.29, 1.82) is 0 Å². The molecule has 0 radical (unpaired) electrons. The lowest BCUT2D eigenvalue weighted by Crippen LogP contribution is -2.69. The number of nitrogens with zero attached hydrogens (tertiary/aromatic N) is 1. The second kappa shape index (κ2) is 7.66. The summed E-state index contributed by atoms with van der Waals surface area (Å²) in [5, 5.41) is 3.73. The largest absolute Gasteiger partial charge is 0.440 e. The summed E-state index contributed by atoms with van der Waals surface area (Å²) in [7, 11) is 0. The summed E-state index contributed by atoms with van der Waals surface area (Å²) < 4.78 is 55.3. The normalized spacial score (nSPS) is 18.8. The number of rotatable bonds is 5. The Labute approximate surface area is 178 Å². The fourth-order valence-electron chi connectivity index (χ4n) is 3.55. The van der Waals surface area contributed by atoms with Gasteiger partial charge in [0.2, 0.25) is 0 Å². The summed E-state index contributed by atoms with van der Waals surface area (Å²) in [6, 6.07) is 9.68. The predicted octanol–water partition coefficient (Wildman–Crippen LogP) is 3.09. The first-order valence-electron chi connectivity index (χ1n) is 9.46. The minimum atomic E-state index is -5.30. The van der Waals surface area contributed by atoms with Crippen LogP contribution in [0.3, 0.4) is 0 Å². The van der Waals surface area contributed by atoms with E-state index in [1.807, 2.05) is 0 Å². The number of carbonyl (C=O) groups excluding carboxylic acids is 3. The van der Waals surface area contributed by atoms with Gasteiger partial charge in [-0.1, -0.05) is 18.2 Å². The predicted molar refractivity (Wildman–Crippen MR) is 105 cm³/mol. The molecule has 11 heteroatoms. The van der Waals surface area contributed by atoms with Crippen molar-refractivity contribution >= 4 is 28.7 Å². The topological polar surface area (TPSA) is 94.3 Å². The van der Waals surface area contributed by atoms with E-state index in [1.165, 1.54) is 48.7 Å². The SMILES string of the molecule is O=C(NC1(C(F)(F)F)NC(=O)N(CCc2c[nH]c3ccc(F)cc23)C1=O)c1ccccc1. The molecule has 0 bridgehead atoms. The number of amides is 4. The summed E-state index contributed by atoms with van der Waals surface area (Å²) in [6.07, 6.45) is -3.80. The first kappa shape index (κ1) is 21.3. The quantitative estimate of drug-likeness (QED) is 0.414. The Morgan fingerprint density at radius 2 is 1.81 bits per heavy atom. The minimum absolute atomic E-state index is 0.0246. The fourth-order valence-corrected chi connectivity index (χ4v) is 3.55. The zero-order valence-electron chi connectivity index (χ0n) is 16.3. The second-order valence-electron chi connectivity index (χ2n) is 7.21. The van der Waals surface area contributed by atoms with E-state index in [1.54, 1.807) is 16.7 Å². The molecule has 3 N–H and O–H groups in total. The zero-order valence-corrected chi connectivity index (χ0v) is 16.3. The number of urea groups is 1. The number of alkyl halides is 3. The van der Waals surface area contributed by atoms with Crippen molar-refractivity contribution < 1.29 is 31.9 Å². The van der Waals surface area contributed by atoms with E-state index >= 15 is 0 Å². The molecule has 1 fully saturated rings. The molecule has 1 aromatic heterocycles. The molecule has 1 unspecified atom stereocenters. The van der Waals surface area contributed by atoms with E-state index in [0.29, 0.717) is 21.4 Å². The number of benzene rings is 2. The van der Waals surface area contributed by atoms with Gasteiger partial charge in [0.15, 0.2) is 0 Å². The van der Waals surface area contributed by atoms with Gasteiger partial charge in [-0.15, -0.1) is 0 Å². The van der Waals surface area contributed by atoms with E-state index in [-0.39, 0.29) is 12.0 Å². The standard InChI is InChI=1S/C21H16F4N4O3/c22-14-6-7-16-15(10-14)13(11-26-16)8-9-29-18(31)20(21(23,24)25,28-19(29)32)27-17(30)12-4-2-1-3-5-12/h1-7,10-11,26H,8-9H2,(H,27,30)(H,28,32). The van der Waals surface area contributed by atoms with Crippen LogP contribution in [-0.4, -0.2) is 46.1 Å². The van der Waals surface area contributed by atoms with Crippen molar-refractivity contribution in [1.82, 2.24) is 20.5 Å². The number of halogens is 4. The first-order chi connectivity index (χ1) is 15.1. The van der Waals surface area contributed by atoms with E-state index in [2.05, 4.69) is 4.98 Å². The van der Waals surface area contributed by atoms with Gasteiger partial charge < -0.3 is 10.3 Å². The summed E-state index contributed by atoms with van der Waals surface area (Å²) in [5.41, 5.74) is -2.60. The zero-order chi connectivity index (χ0) is 23.1. The number of imide groups is 1. The molecule has 0 spiro atoms. The van der Waals surface area contributed by atoms with Crippen LogP contribution in [0.15, 0.2) is 54.7 Å². The van der Waals surface area contributed by atoms with Crippen LogP contribution < -0.4 is 10.6 Å². The Hall–Kier alpha value is -3.89. The Morgan fingerprint density at radius 1 is 1.09 bits per heavy atom. The van der Waals surface area contributed by atoms with Crippen molar-refractivity contribution in [2.24, 2.45) is 0 Å². The lowest BCUT2D eigenvalue weighted by atomic mass is 10.1. The second-order valence-corrected chi connectivity index (χ2v) is 7.21. The molecule has 1 aliphatic rings. The molecule has 32 heavy (non-hydrogen) atoms. The highest BCUT2D eigenvalue weighted by Gasteiger charge is 2.68. The van der Waals surface area contributed by atoms with Crippen molar-refractivity contribution in [3.05, 3.63) is 71.7 Å². The number of aromatic nitrogens is 1. The molecular formula is C21H16F4N4O3. The van der Waals surface area contributed by atoms with Crippen LogP contribution >= 0.6 is 0 Å². The van der Waals surface area contributed by atoms with Crippen LogP contribution in [0.5, 0.6) is 0 Å². The van der Waals surface area contributed by atoms with Crippen molar-refractivity contribution in [3.8, 4) is 0 Å². The molecule has 2 aromatic carbocycles. The molecule has 1 aliphatic heterocycles. The highest BCUT2D eigenvalue weighted by Crippen LogP contribution is 2.34. The van der Waals surface area contributed by atoms with Crippen LogP contribution in [0.1, 0.15) is 15.9 Å². The number of aromatic amines is 1. The van der Waals surface area contributed by atoms with E-state index < -0.39 is 42.0 Å². The fraction of sp³-hybridized carbons (Fsp3) is 0.190. The van der Waals surface area contributed by atoms with Gasteiger partial charge in [0.1, 0.15) is 5.82 Å². The lowest BCUT2D eigenvalue weighted by Gasteiger charge is -2.29. The molecule has 0 saturated carbocycles. The van der Waals surface area contributed by atoms with Crippen LogP contribution in [0.4, 0.5) is 22.4 Å². The minimum Gasteiger partial charge on any atom is -0.361 e. The van der Waals surface area contributed by atoms with Crippen molar-refractivity contribution in [3.63, 3.8) is 0 Å². The molecule has 2 heterocycles. The third kappa shape index (κ3) is 3.55. The van der Waals surface area contributed by atoms with E-state index in [4.69, 9.17) is 0 Å². The van der Waals surface area contributed by atoms with E-state index in [0.717, 1.165) is 0 Å². The van der Waals surface area contributed by atoms with Gasteiger partial charge >= 0.3 is 12.2 Å². The van der Waals surface area contributed by atoms with Crippen LogP contribution in [0.25, 0.3) is 10.9 Å². The Bertz CT molecular complexity index is 1210. The summed E-state index contributed by atoms with van der Waals surface area (Å²) in [6.45, 7) is -0.410. The molecule has 4 rings (SSSR count). The maximum Gasteiger partial charge on any atom is 0.440 e. The Morgan fingerprint density at radius 3 is 2.50 bits per heavy atom. The van der Waals surface area contributed by atoms with Gasteiger partial charge in [0, 0.05) is 29.2 Å². The van der Waals surface area contributed by atoms with Gasteiger partial charge in [-0.3, -0.25) is 19.8 Å². The number of H-pyrrole nitrogens is 1. The monoisotopic (exact) mass is 448 g/mol. The molecule has 0 aliphatic carbocycles. The molecule has 3 aromatic rings. The molecule has 1 saturated heterocycles. The third-order valence-corrected chi connectivity index (χ3v) is 5.20. The van der Waals surface area contributed by atoms with Crippen LogP contribution in [-0.2, 0) is 11.2 Å². The molecule has 7 nitrogen and oxygen atoms in total. The van der Waals surface area contributed by atoms with Gasteiger partial charge in [0.05, 0.1) is 0 Å². The number of nitrogens with one attached hydrogen (secondary N) is 3. The van der Waals surface area contributed by atoms with Gasteiger partial charge in [-0.2, -0.15) is 13.2 Å². The average Bonchev–Trinajstić information content (AvgIpc) is 3.25. The van der Waals surface area contributed by atoms with Crippen LogP contribution in [0.2, 0.25) is 0 Å². The maximum absolute atomic E-state index is 13.9. The van der Waals surface area contributed by atoms with Crippen LogP contribution in [0, 0.1) is 5.82 Å². The summed E-state index contributed by atoms with van der Waals surface area (Å²) in [5.74, 6) is -3.33. The molecule has 1 atom stereocenters. The lowest BCUT2D eigenvalue weighted by molar-refractivity contribution is -0.200. The average molecular weight is 448 g/mol.